The number of hydrogen-bond donors (Lipinski definition) is 2. The Morgan fingerprint density at radius 3 is 2.61 bits per heavy atom. The van der Waals surface area contributed by atoms with Crippen molar-refractivity contribution in [3.05, 3.63) is 0 Å². The van der Waals surface area contributed by atoms with Crippen LogP contribution in [0.15, 0.2) is 0 Å². The van der Waals surface area contributed by atoms with Gasteiger partial charge < -0.3 is 10.4 Å². The monoisotopic (exact) mass is 253 g/mol. The van der Waals surface area contributed by atoms with Gasteiger partial charge in [0.1, 0.15) is 0 Å². The van der Waals surface area contributed by atoms with Gasteiger partial charge in [-0.15, -0.1) is 0 Å². The van der Waals surface area contributed by atoms with Crippen molar-refractivity contribution < 1.29 is 9.90 Å². The Bertz CT molecular complexity index is 276. The molecule has 0 bridgehead atoms. The van der Waals surface area contributed by atoms with E-state index in [1.54, 1.807) is 0 Å². The highest BCUT2D eigenvalue weighted by atomic mass is 16.3. The third-order valence-corrected chi connectivity index (χ3v) is 4.97. The van der Waals surface area contributed by atoms with Crippen molar-refractivity contribution in [3.63, 3.8) is 0 Å². The third-order valence-electron chi connectivity index (χ3n) is 4.97. The van der Waals surface area contributed by atoms with Crippen molar-refractivity contribution in [1.29, 1.82) is 0 Å². The highest BCUT2D eigenvalue weighted by molar-refractivity contribution is 5.79. The highest BCUT2D eigenvalue weighted by Crippen LogP contribution is 2.42. The Morgan fingerprint density at radius 2 is 1.94 bits per heavy atom. The molecule has 0 aliphatic heterocycles. The van der Waals surface area contributed by atoms with E-state index < -0.39 is 0 Å². The molecule has 0 radical (unpaired) electrons. The second-order valence-corrected chi connectivity index (χ2v) is 6.11. The molecule has 0 saturated heterocycles. The van der Waals surface area contributed by atoms with Crippen molar-refractivity contribution in [2.45, 2.75) is 64.3 Å². The molecule has 104 valence electrons. The second kappa shape index (κ2) is 6.55. The normalized spacial score (nSPS) is 33.6. The Hall–Kier alpha value is -0.570. The molecule has 2 fully saturated rings. The lowest BCUT2D eigenvalue weighted by Gasteiger charge is -2.39. The van der Waals surface area contributed by atoms with E-state index in [4.69, 9.17) is 5.11 Å². The maximum atomic E-state index is 12.2. The lowest BCUT2D eigenvalue weighted by molar-refractivity contribution is -0.128. The maximum absolute atomic E-state index is 12.2. The van der Waals surface area contributed by atoms with Crippen LogP contribution >= 0.6 is 0 Å². The molecule has 2 rings (SSSR count). The number of carbonyl (C=O) groups excluding carboxylic acids is 1. The van der Waals surface area contributed by atoms with Crippen LogP contribution in [0.4, 0.5) is 0 Å². The Labute approximate surface area is 110 Å². The number of hydrogen-bond acceptors (Lipinski definition) is 2. The van der Waals surface area contributed by atoms with Crippen LogP contribution in [-0.4, -0.2) is 23.7 Å². The predicted molar refractivity (Wildman–Crippen MR) is 72.1 cm³/mol. The number of fused-ring (bicyclic) bond motifs is 1. The summed E-state index contributed by atoms with van der Waals surface area (Å²) in [6.07, 6.45) is 9.62. The first-order chi connectivity index (χ1) is 8.74. The lowest BCUT2D eigenvalue weighted by atomic mass is 9.67. The number of nitrogens with one attached hydrogen (secondary N) is 1. The van der Waals surface area contributed by atoms with Crippen LogP contribution < -0.4 is 5.32 Å². The summed E-state index contributed by atoms with van der Waals surface area (Å²) in [4.78, 5) is 12.2. The van der Waals surface area contributed by atoms with Crippen LogP contribution in [0.5, 0.6) is 0 Å². The molecular formula is C15H27NO2. The first-order valence-electron chi connectivity index (χ1n) is 7.65. The zero-order valence-corrected chi connectivity index (χ0v) is 11.5. The van der Waals surface area contributed by atoms with Gasteiger partial charge in [0.15, 0.2) is 0 Å². The van der Waals surface area contributed by atoms with E-state index in [1.807, 2.05) is 6.92 Å². The molecule has 0 heterocycles. The topological polar surface area (TPSA) is 49.3 Å². The molecule has 2 aliphatic carbocycles. The predicted octanol–water partition coefficient (Wildman–Crippen LogP) is 2.48. The van der Waals surface area contributed by atoms with Gasteiger partial charge >= 0.3 is 0 Å². The van der Waals surface area contributed by atoms with Gasteiger partial charge in [-0.05, 0) is 37.5 Å². The molecule has 2 saturated carbocycles. The number of rotatable bonds is 4. The standard InChI is InChI=1S/C15H27NO2/c1-2-14(10-17)16-15(18)13-8-7-11-5-3-4-6-12(11)9-13/h11-14,17H,2-10H2,1H3,(H,16,18). The first kappa shape index (κ1) is 13.9. The van der Waals surface area contributed by atoms with Crippen LogP contribution in [0.2, 0.25) is 0 Å². The summed E-state index contributed by atoms with van der Waals surface area (Å²) >= 11 is 0. The zero-order chi connectivity index (χ0) is 13.0. The Morgan fingerprint density at radius 1 is 1.22 bits per heavy atom. The SMILES string of the molecule is CCC(CO)NC(=O)C1CCC2CCCCC2C1. The van der Waals surface area contributed by atoms with Crippen LogP contribution in [0.25, 0.3) is 0 Å². The van der Waals surface area contributed by atoms with E-state index >= 15 is 0 Å². The fourth-order valence-corrected chi connectivity index (χ4v) is 3.71. The van der Waals surface area contributed by atoms with Gasteiger partial charge in [-0.3, -0.25) is 4.79 Å². The molecule has 3 nitrogen and oxygen atoms in total. The molecule has 0 aromatic carbocycles. The highest BCUT2D eigenvalue weighted by Gasteiger charge is 2.35. The van der Waals surface area contributed by atoms with Crippen molar-refractivity contribution in [2.24, 2.45) is 17.8 Å². The van der Waals surface area contributed by atoms with Crippen LogP contribution in [0.3, 0.4) is 0 Å². The van der Waals surface area contributed by atoms with E-state index in [0.717, 1.165) is 31.1 Å². The van der Waals surface area contributed by atoms with Crippen LogP contribution in [0.1, 0.15) is 58.3 Å². The molecule has 0 spiro atoms. The van der Waals surface area contributed by atoms with E-state index in [1.165, 1.54) is 32.1 Å². The van der Waals surface area contributed by atoms with Crippen molar-refractivity contribution >= 4 is 5.91 Å². The molecule has 1 amide bonds. The van der Waals surface area contributed by atoms with Crippen molar-refractivity contribution in [2.75, 3.05) is 6.61 Å². The fraction of sp³-hybridized carbons (Fsp3) is 0.933. The van der Waals surface area contributed by atoms with Gasteiger partial charge in [-0.1, -0.05) is 32.6 Å². The van der Waals surface area contributed by atoms with Crippen molar-refractivity contribution in [1.82, 2.24) is 5.32 Å². The lowest BCUT2D eigenvalue weighted by Crippen LogP contribution is -2.43. The summed E-state index contributed by atoms with van der Waals surface area (Å²) in [5.41, 5.74) is 0. The summed E-state index contributed by atoms with van der Waals surface area (Å²) in [5.74, 6) is 2.06. The summed E-state index contributed by atoms with van der Waals surface area (Å²) in [6, 6.07) is -0.0541. The average molecular weight is 253 g/mol. The molecule has 18 heavy (non-hydrogen) atoms. The van der Waals surface area contributed by atoms with Gasteiger partial charge in [0.05, 0.1) is 12.6 Å². The summed E-state index contributed by atoms with van der Waals surface area (Å²) in [6.45, 7) is 2.06. The third kappa shape index (κ3) is 3.25. The summed E-state index contributed by atoms with van der Waals surface area (Å²) in [5, 5.41) is 12.1. The van der Waals surface area contributed by atoms with Gasteiger partial charge in [-0.2, -0.15) is 0 Å². The van der Waals surface area contributed by atoms with Gasteiger partial charge in [0.2, 0.25) is 5.91 Å². The van der Waals surface area contributed by atoms with E-state index in [9.17, 15) is 4.79 Å². The average Bonchev–Trinajstić information content (AvgIpc) is 2.44. The summed E-state index contributed by atoms with van der Waals surface area (Å²) in [7, 11) is 0. The largest absolute Gasteiger partial charge is 0.394 e. The van der Waals surface area contributed by atoms with E-state index in [-0.39, 0.29) is 24.5 Å². The first-order valence-corrected chi connectivity index (χ1v) is 7.65. The number of aliphatic hydroxyl groups excluding tert-OH is 1. The Kier molecular flexibility index (Phi) is 5.04. The molecule has 0 aromatic heterocycles. The Balaban J connectivity index is 1.84. The molecule has 3 heteroatoms. The molecule has 4 atom stereocenters. The quantitative estimate of drug-likeness (QED) is 0.808. The van der Waals surface area contributed by atoms with Crippen molar-refractivity contribution in [3.8, 4) is 0 Å². The minimum atomic E-state index is -0.0541. The molecular weight excluding hydrogens is 226 g/mol. The zero-order valence-electron chi connectivity index (χ0n) is 11.5. The number of aliphatic hydroxyl groups is 1. The molecule has 4 unspecified atom stereocenters. The molecule has 2 N–H and O–H groups in total. The van der Waals surface area contributed by atoms with E-state index in [0.29, 0.717) is 0 Å². The molecule has 0 aromatic rings. The van der Waals surface area contributed by atoms with E-state index in [2.05, 4.69) is 5.32 Å². The second-order valence-electron chi connectivity index (χ2n) is 6.11. The maximum Gasteiger partial charge on any atom is 0.223 e. The van der Waals surface area contributed by atoms with Crippen LogP contribution in [-0.2, 0) is 4.79 Å². The van der Waals surface area contributed by atoms with Gasteiger partial charge in [0, 0.05) is 5.92 Å². The number of carbonyl (C=O) groups is 1. The van der Waals surface area contributed by atoms with Gasteiger partial charge in [-0.25, -0.2) is 0 Å². The minimum absolute atomic E-state index is 0.0541. The summed E-state index contributed by atoms with van der Waals surface area (Å²) < 4.78 is 0. The molecule has 2 aliphatic rings. The minimum Gasteiger partial charge on any atom is -0.394 e. The fourth-order valence-electron chi connectivity index (χ4n) is 3.71. The number of amides is 1. The smallest absolute Gasteiger partial charge is 0.223 e. The van der Waals surface area contributed by atoms with Gasteiger partial charge in [0.25, 0.3) is 0 Å². The van der Waals surface area contributed by atoms with Crippen LogP contribution in [0, 0.1) is 17.8 Å².